The highest BCUT2D eigenvalue weighted by atomic mass is 16.3. The van der Waals surface area contributed by atoms with Gasteiger partial charge in [0.1, 0.15) is 5.82 Å². The average Bonchev–Trinajstić information content (AvgIpc) is 2.40. The van der Waals surface area contributed by atoms with Crippen LogP contribution < -0.4 is 11.1 Å². The molecule has 1 heterocycles. The highest BCUT2D eigenvalue weighted by Gasteiger charge is 2.32. The van der Waals surface area contributed by atoms with Crippen LogP contribution in [0.3, 0.4) is 0 Å². The molecule has 1 aromatic heterocycles. The summed E-state index contributed by atoms with van der Waals surface area (Å²) >= 11 is 0. The maximum Gasteiger partial charge on any atom is 0.252 e. The maximum atomic E-state index is 11.3. The largest absolute Gasteiger partial charge is 0.394 e. The summed E-state index contributed by atoms with van der Waals surface area (Å²) in [5.74, 6) is -0.0320. The predicted molar refractivity (Wildman–Crippen MR) is 69.3 cm³/mol. The fraction of sp³-hybridized carbons (Fsp3) is 0.538. The highest BCUT2D eigenvalue weighted by molar-refractivity contribution is 5.97. The van der Waals surface area contributed by atoms with E-state index >= 15 is 0 Å². The lowest BCUT2D eigenvalue weighted by atomic mass is 9.82. The molecule has 0 atom stereocenters. The minimum Gasteiger partial charge on any atom is -0.394 e. The maximum absolute atomic E-state index is 11.3. The Morgan fingerprint density at radius 1 is 1.44 bits per heavy atom. The van der Waals surface area contributed by atoms with Crippen molar-refractivity contribution < 1.29 is 9.90 Å². The van der Waals surface area contributed by atoms with Gasteiger partial charge in [-0.25, -0.2) is 4.98 Å². The van der Waals surface area contributed by atoms with E-state index in [1.807, 2.05) is 0 Å². The third-order valence-corrected chi connectivity index (χ3v) is 3.57. The molecule has 18 heavy (non-hydrogen) atoms. The standard InChI is InChI=1S/C13H19N3O2/c14-11(18)10-5-4-8-15-12(10)16-13(9-17)6-2-1-3-7-13/h4-5,8,17H,1-3,6-7,9H2,(H2,14,18)(H,15,16). The first-order valence-electron chi connectivity index (χ1n) is 6.31. The molecule has 1 fully saturated rings. The van der Waals surface area contributed by atoms with Crippen molar-refractivity contribution in [2.45, 2.75) is 37.6 Å². The molecule has 0 unspecified atom stereocenters. The molecule has 1 aliphatic rings. The number of hydrogen-bond acceptors (Lipinski definition) is 4. The molecule has 1 aliphatic carbocycles. The lowest BCUT2D eigenvalue weighted by Crippen LogP contribution is -2.44. The quantitative estimate of drug-likeness (QED) is 0.750. The van der Waals surface area contributed by atoms with Crippen LogP contribution in [0.4, 0.5) is 5.82 Å². The van der Waals surface area contributed by atoms with Gasteiger partial charge in [0, 0.05) is 6.20 Å². The normalized spacial score (nSPS) is 18.3. The second-order valence-electron chi connectivity index (χ2n) is 4.89. The number of rotatable bonds is 4. The van der Waals surface area contributed by atoms with Gasteiger partial charge < -0.3 is 16.2 Å². The molecule has 5 nitrogen and oxygen atoms in total. The Morgan fingerprint density at radius 3 is 2.78 bits per heavy atom. The number of anilines is 1. The van der Waals surface area contributed by atoms with Crippen LogP contribution >= 0.6 is 0 Å². The molecule has 1 amide bonds. The van der Waals surface area contributed by atoms with Gasteiger partial charge >= 0.3 is 0 Å². The number of nitrogens with zero attached hydrogens (tertiary/aromatic N) is 1. The van der Waals surface area contributed by atoms with Crippen molar-refractivity contribution in [3.05, 3.63) is 23.9 Å². The number of pyridine rings is 1. The van der Waals surface area contributed by atoms with Crippen LogP contribution in [0.5, 0.6) is 0 Å². The third kappa shape index (κ3) is 2.61. The summed E-state index contributed by atoms with van der Waals surface area (Å²) in [7, 11) is 0. The zero-order chi connectivity index (χ0) is 13.0. The Bertz CT molecular complexity index is 428. The average molecular weight is 249 g/mol. The summed E-state index contributed by atoms with van der Waals surface area (Å²) < 4.78 is 0. The molecule has 5 heteroatoms. The number of aliphatic hydroxyl groups is 1. The number of carbonyl (C=O) groups is 1. The lowest BCUT2D eigenvalue weighted by molar-refractivity contribution is 0.1000. The molecule has 0 aromatic carbocycles. The Labute approximate surface area is 106 Å². The van der Waals surface area contributed by atoms with Crippen LogP contribution in [0.1, 0.15) is 42.5 Å². The van der Waals surface area contributed by atoms with Crippen molar-refractivity contribution in [1.29, 1.82) is 0 Å². The minimum absolute atomic E-state index is 0.0434. The molecule has 0 aliphatic heterocycles. The lowest BCUT2D eigenvalue weighted by Gasteiger charge is -2.37. The highest BCUT2D eigenvalue weighted by Crippen LogP contribution is 2.31. The van der Waals surface area contributed by atoms with E-state index in [1.165, 1.54) is 6.42 Å². The van der Waals surface area contributed by atoms with Gasteiger partial charge in [-0.05, 0) is 25.0 Å². The van der Waals surface area contributed by atoms with E-state index in [0.717, 1.165) is 25.7 Å². The summed E-state index contributed by atoms with van der Waals surface area (Å²) in [5.41, 5.74) is 5.33. The fourth-order valence-electron chi connectivity index (χ4n) is 2.51. The molecule has 4 N–H and O–H groups in total. The van der Waals surface area contributed by atoms with Gasteiger partial charge in [0.2, 0.25) is 0 Å². The van der Waals surface area contributed by atoms with E-state index in [0.29, 0.717) is 11.4 Å². The number of hydrogen-bond donors (Lipinski definition) is 3. The monoisotopic (exact) mass is 249 g/mol. The summed E-state index contributed by atoms with van der Waals surface area (Å²) in [4.78, 5) is 15.5. The molecule has 0 radical (unpaired) electrons. The molecule has 0 saturated heterocycles. The molecule has 1 aromatic rings. The van der Waals surface area contributed by atoms with Gasteiger partial charge in [0.25, 0.3) is 5.91 Å². The van der Waals surface area contributed by atoms with Gasteiger partial charge in [-0.15, -0.1) is 0 Å². The van der Waals surface area contributed by atoms with Gasteiger partial charge in [-0.1, -0.05) is 19.3 Å². The van der Waals surface area contributed by atoms with Crippen LogP contribution in [-0.2, 0) is 0 Å². The predicted octanol–water partition coefficient (Wildman–Crippen LogP) is 1.29. The van der Waals surface area contributed by atoms with Gasteiger partial charge in [-0.2, -0.15) is 0 Å². The van der Waals surface area contributed by atoms with Crippen LogP contribution in [0.2, 0.25) is 0 Å². The molecular formula is C13H19N3O2. The Morgan fingerprint density at radius 2 is 2.17 bits per heavy atom. The number of nitrogens with one attached hydrogen (secondary N) is 1. The van der Waals surface area contributed by atoms with Crippen molar-refractivity contribution >= 4 is 11.7 Å². The SMILES string of the molecule is NC(=O)c1cccnc1NC1(CO)CCCCC1. The second kappa shape index (κ2) is 5.35. The summed E-state index contributed by atoms with van der Waals surface area (Å²) in [6.45, 7) is 0.0434. The molecule has 98 valence electrons. The molecule has 1 saturated carbocycles. The van der Waals surface area contributed by atoms with E-state index in [1.54, 1.807) is 18.3 Å². The van der Waals surface area contributed by atoms with Crippen molar-refractivity contribution in [3.8, 4) is 0 Å². The number of aromatic nitrogens is 1. The van der Waals surface area contributed by atoms with Crippen LogP contribution in [0.15, 0.2) is 18.3 Å². The Balaban J connectivity index is 2.24. The van der Waals surface area contributed by atoms with Gasteiger partial charge in [0.05, 0.1) is 17.7 Å². The number of carbonyl (C=O) groups excluding carboxylic acids is 1. The summed E-state index contributed by atoms with van der Waals surface area (Å²) in [6, 6.07) is 3.32. The summed E-state index contributed by atoms with van der Waals surface area (Å²) in [6.07, 6.45) is 6.73. The van der Waals surface area contributed by atoms with Crippen molar-refractivity contribution in [3.63, 3.8) is 0 Å². The van der Waals surface area contributed by atoms with Gasteiger partial charge in [-0.3, -0.25) is 4.79 Å². The van der Waals surface area contributed by atoms with E-state index in [9.17, 15) is 9.90 Å². The Hall–Kier alpha value is -1.62. The number of nitrogens with two attached hydrogens (primary N) is 1. The van der Waals surface area contributed by atoms with E-state index < -0.39 is 5.91 Å². The first-order valence-corrected chi connectivity index (χ1v) is 6.31. The van der Waals surface area contributed by atoms with Crippen molar-refractivity contribution in [1.82, 2.24) is 4.98 Å². The summed E-state index contributed by atoms with van der Waals surface area (Å²) in [5, 5.41) is 12.9. The topological polar surface area (TPSA) is 88.2 Å². The first kappa shape index (κ1) is 12.8. The fourth-order valence-corrected chi connectivity index (χ4v) is 2.51. The third-order valence-electron chi connectivity index (χ3n) is 3.57. The zero-order valence-corrected chi connectivity index (χ0v) is 10.4. The van der Waals surface area contributed by atoms with E-state index in [-0.39, 0.29) is 12.1 Å². The van der Waals surface area contributed by atoms with E-state index in [2.05, 4.69) is 10.3 Å². The number of primary amides is 1. The van der Waals surface area contributed by atoms with Gasteiger partial charge in [0.15, 0.2) is 0 Å². The second-order valence-corrected chi connectivity index (χ2v) is 4.89. The smallest absolute Gasteiger partial charge is 0.252 e. The van der Waals surface area contributed by atoms with E-state index in [4.69, 9.17) is 5.73 Å². The van der Waals surface area contributed by atoms with Crippen molar-refractivity contribution in [2.24, 2.45) is 5.73 Å². The molecule has 0 spiro atoms. The Kier molecular flexibility index (Phi) is 3.81. The molecule has 0 bridgehead atoms. The minimum atomic E-state index is -0.505. The zero-order valence-electron chi connectivity index (χ0n) is 10.4. The number of aliphatic hydroxyl groups excluding tert-OH is 1. The molecular weight excluding hydrogens is 230 g/mol. The van der Waals surface area contributed by atoms with Crippen LogP contribution in [-0.4, -0.2) is 28.1 Å². The van der Waals surface area contributed by atoms with Crippen LogP contribution in [0.25, 0.3) is 0 Å². The first-order chi connectivity index (χ1) is 8.67. The number of amides is 1. The molecule has 2 rings (SSSR count). The van der Waals surface area contributed by atoms with Crippen LogP contribution in [0, 0.1) is 0 Å². The van der Waals surface area contributed by atoms with Crippen molar-refractivity contribution in [2.75, 3.05) is 11.9 Å².